The molecule has 35 heavy (non-hydrogen) atoms. The smallest absolute Gasteiger partial charge is 0.306 e. The highest BCUT2D eigenvalue weighted by molar-refractivity contribution is 6.02. The Hall–Kier alpha value is -3.39. The van der Waals surface area contributed by atoms with E-state index in [4.69, 9.17) is 9.47 Å². The van der Waals surface area contributed by atoms with E-state index >= 15 is 0 Å². The van der Waals surface area contributed by atoms with Crippen molar-refractivity contribution in [3.05, 3.63) is 59.2 Å². The molecule has 8 heteroatoms. The lowest BCUT2D eigenvalue weighted by atomic mass is 9.98. The average molecular weight is 480 g/mol. The number of hydrogen-bond acceptors (Lipinski definition) is 6. The van der Waals surface area contributed by atoms with Gasteiger partial charge in [-0.2, -0.15) is 0 Å². The lowest BCUT2D eigenvalue weighted by Crippen LogP contribution is -2.35. The van der Waals surface area contributed by atoms with Crippen LogP contribution in [-0.4, -0.2) is 50.2 Å². The Balaban J connectivity index is 1.50. The first-order chi connectivity index (χ1) is 17.0. The van der Waals surface area contributed by atoms with Gasteiger partial charge in [-0.3, -0.25) is 14.4 Å². The van der Waals surface area contributed by atoms with Gasteiger partial charge < -0.3 is 25.0 Å². The van der Waals surface area contributed by atoms with E-state index in [1.807, 2.05) is 12.1 Å². The van der Waals surface area contributed by atoms with Crippen molar-refractivity contribution in [3.8, 4) is 0 Å². The second kappa shape index (κ2) is 11.8. The van der Waals surface area contributed by atoms with Gasteiger partial charge >= 0.3 is 5.97 Å². The fraction of sp³-hybridized carbons (Fsp3) is 0.444. The summed E-state index contributed by atoms with van der Waals surface area (Å²) in [5, 5.41) is 5.82. The third-order valence-corrected chi connectivity index (χ3v) is 6.37. The molecule has 2 aromatic rings. The number of nitrogens with one attached hydrogen (secondary N) is 2. The van der Waals surface area contributed by atoms with Crippen molar-refractivity contribution in [3.63, 3.8) is 0 Å². The van der Waals surface area contributed by atoms with Gasteiger partial charge in [0.1, 0.15) is 0 Å². The van der Waals surface area contributed by atoms with Crippen molar-refractivity contribution >= 4 is 29.2 Å². The van der Waals surface area contributed by atoms with E-state index in [0.717, 1.165) is 38.1 Å². The first kappa shape index (κ1) is 24.7. The Bertz CT molecular complexity index is 1060. The molecule has 2 aromatic carbocycles. The zero-order chi connectivity index (χ0) is 24.6. The number of carbonyl (C=O) groups is 3. The van der Waals surface area contributed by atoms with Crippen LogP contribution in [0.2, 0.25) is 0 Å². The topological polar surface area (TPSA) is 97.0 Å². The number of nitrogens with zero attached hydrogens (tertiary/aromatic N) is 1. The predicted molar refractivity (Wildman–Crippen MR) is 133 cm³/mol. The van der Waals surface area contributed by atoms with Gasteiger partial charge in [0.15, 0.2) is 0 Å². The summed E-state index contributed by atoms with van der Waals surface area (Å²) in [5.41, 5.74) is 4.43. The molecule has 1 saturated heterocycles. The van der Waals surface area contributed by atoms with Crippen LogP contribution in [0.15, 0.2) is 42.5 Å². The van der Waals surface area contributed by atoms with Crippen molar-refractivity contribution in [1.82, 2.24) is 5.32 Å². The molecular weight excluding hydrogens is 446 g/mol. The van der Waals surface area contributed by atoms with E-state index in [1.165, 1.54) is 11.1 Å². The minimum absolute atomic E-state index is 0.0136. The highest BCUT2D eigenvalue weighted by atomic mass is 16.5. The lowest BCUT2D eigenvalue weighted by Gasteiger charge is -2.32. The third-order valence-electron chi connectivity index (χ3n) is 6.37. The second-order valence-electron chi connectivity index (χ2n) is 8.87. The summed E-state index contributed by atoms with van der Waals surface area (Å²) in [6.45, 7) is 4.71. The molecule has 2 N–H and O–H groups in total. The van der Waals surface area contributed by atoms with Crippen LogP contribution in [-0.2, 0) is 32.0 Å². The molecule has 2 amide bonds. The Morgan fingerprint density at radius 2 is 1.94 bits per heavy atom. The number of amides is 2. The lowest BCUT2D eigenvalue weighted by molar-refractivity contribution is -0.144. The van der Waals surface area contributed by atoms with Crippen LogP contribution in [0.3, 0.4) is 0 Å². The Labute approximate surface area is 206 Å². The van der Waals surface area contributed by atoms with Gasteiger partial charge in [-0.05, 0) is 55.5 Å². The van der Waals surface area contributed by atoms with Crippen molar-refractivity contribution < 1.29 is 23.9 Å². The number of anilines is 2. The van der Waals surface area contributed by atoms with E-state index in [-0.39, 0.29) is 37.4 Å². The number of hydrogen-bond donors (Lipinski definition) is 2. The minimum Gasteiger partial charge on any atom is -0.466 e. The van der Waals surface area contributed by atoms with E-state index < -0.39 is 5.97 Å². The summed E-state index contributed by atoms with van der Waals surface area (Å²) >= 11 is 0. The molecular formula is C27H33N3O5. The maximum atomic E-state index is 13.3. The number of rotatable bonds is 9. The summed E-state index contributed by atoms with van der Waals surface area (Å²) in [4.78, 5) is 39.4. The maximum Gasteiger partial charge on any atom is 0.306 e. The average Bonchev–Trinajstić information content (AvgIpc) is 3.40. The summed E-state index contributed by atoms with van der Waals surface area (Å²) in [6, 6.07) is 13.8. The number of ether oxygens (including phenoxy) is 2. The molecule has 8 nitrogen and oxygen atoms in total. The minimum atomic E-state index is -0.405. The predicted octanol–water partition coefficient (Wildman–Crippen LogP) is 3.44. The zero-order valence-electron chi connectivity index (χ0n) is 20.2. The van der Waals surface area contributed by atoms with Crippen LogP contribution >= 0.6 is 0 Å². The van der Waals surface area contributed by atoms with Gasteiger partial charge in [0, 0.05) is 44.0 Å². The molecule has 2 aliphatic rings. The summed E-state index contributed by atoms with van der Waals surface area (Å²) in [7, 11) is 0. The van der Waals surface area contributed by atoms with Crippen LogP contribution in [0.1, 0.15) is 54.1 Å². The van der Waals surface area contributed by atoms with Crippen molar-refractivity contribution in [1.29, 1.82) is 0 Å². The number of benzene rings is 2. The SMILES string of the molecule is CCOC(=O)CCC(=O)Nc1ccc(N2CCc3ccccc3C2)c(C(=O)NCC2CCCO2)c1. The first-order valence-corrected chi connectivity index (χ1v) is 12.3. The highest BCUT2D eigenvalue weighted by Gasteiger charge is 2.23. The molecule has 4 rings (SSSR count). The van der Waals surface area contributed by atoms with Crippen LogP contribution in [0.4, 0.5) is 11.4 Å². The van der Waals surface area contributed by atoms with E-state index in [9.17, 15) is 14.4 Å². The fourth-order valence-electron chi connectivity index (χ4n) is 4.55. The second-order valence-corrected chi connectivity index (χ2v) is 8.87. The molecule has 0 bridgehead atoms. The Kier molecular flexibility index (Phi) is 8.36. The monoisotopic (exact) mass is 479 g/mol. The number of carbonyl (C=O) groups excluding carboxylic acids is 3. The van der Waals surface area contributed by atoms with Crippen LogP contribution in [0.25, 0.3) is 0 Å². The van der Waals surface area contributed by atoms with Gasteiger partial charge in [-0.15, -0.1) is 0 Å². The van der Waals surface area contributed by atoms with Crippen molar-refractivity contribution in [2.24, 2.45) is 0 Å². The van der Waals surface area contributed by atoms with Gasteiger partial charge in [-0.1, -0.05) is 24.3 Å². The standard InChI is InChI=1S/C27H33N3O5/c1-2-34-26(32)12-11-25(31)29-21-9-10-24(30-14-13-19-6-3-4-7-20(19)18-30)23(16-21)27(33)28-17-22-8-5-15-35-22/h3-4,6-7,9-10,16,22H,2,5,8,11-15,17-18H2,1H3,(H,28,33)(H,29,31). The van der Waals surface area contributed by atoms with Gasteiger partial charge in [0.05, 0.1) is 24.7 Å². The Morgan fingerprint density at radius 3 is 2.71 bits per heavy atom. The molecule has 0 aromatic heterocycles. The normalized spacial score (nSPS) is 16.9. The highest BCUT2D eigenvalue weighted by Crippen LogP contribution is 2.30. The molecule has 1 fully saturated rings. The van der Waals surface area contributed by atoms with Gasteiger partial charge in [0.2, 0.25) is 5.91 Å². The van der Waals surface area contributed by atoms with Crippen LogP contribution < -0.4 is 15.5 Å². The summed E-state index contributed by atoms with van der Waals surface area (Å²) in [5.74, 6) is -0.905. The molecule has 1 atom stereocenters. The van der Waals surface area contributed by atoms with Crippen molar-refractivity contribution in [2.45, 2.75) is 51.7 Å². The summed E-state index contributed by atoms with van der Waals surface area (Å²) in [6.07, 6.45) is 2.91. The molecule has 2 aliphatic heterocycles. The molecule has 2 heterocycles. The van der Waals surface area contributed by atoms with Gasteiger partial charge in [-0.25, -0.2) is 0 Å². The van der Waals surface area contributed by atoms with Crippen LogP contribution in [0.5, 0.6) is 0 Å². The van der Waals surface area contributed by atoms with E-state index in [0.29, 0.717) is 24.3 Å². The van der Waals surface area contributed by atoms with E-state index in [1.54, 1.807) is 19.1 Å². The molecule has 0 saturated carbocycles. The number of fused-ring (bicyclic) bond motifs is 1. The molecule has 0 spiro atoms. The quantitative estimate of drug-likeness (QED) is 0.535. The first-order valence-electron chi connectivity index (χ1n) is 12.3. The van der Waals surface area contributed by atoms with Gasteiger partial charge in [0.25, 0.3) is 5.91 Å². The van der Waals surface area contributed by atoms with Crippen molar-refractivity contribution in [2.75, 3.05) is 36.5 Å². The molecule has 186 valence electrons. The summed E-state index contributed by atoms with van der Waals surface area (Å²) < 4.78 is 10.5. The largest absolute Gasteiger partial charge is 0.466 e. The third kappa shape index (κ3) is 6.60. The van der Waals surface area contributed by atoms with E-state index in [2.05, 4.69) is 33.7 Å². The maximum absolute atomic E-state index is 13.3. The van der Waals surface area contributed by atoms with Crippen LogP contribution in [0, 0.1) is 0 Å². The number of esters is 1. The molecule has 0 radical (unpaired) electrons. The fourth-order valence-corrected chi connectivity index (χ4v) is 4.55. The molecule has 0 aliphatic carbocycles. The zero-order valence-corrected chi connectivity index (χ0v) is 20.2. The Morgan fingerprint density at radius 1 is 1.11 bits per heavy atom. The molecule has 1 unspecified atom stereocenters.